The fourth-order valence-electron chi connectivity index (χ4n) is 5.89. The molecule has 0 heterocycles. The van der Waals surface area contributed by atoms with Gasteiger partial charge in [-0.15, -0.1) is 0 Å². The molecule has 10 heteroatoms. The number of unbranched alkanes of at least 4 members (excludes halogenated alkanes) is 12. The molecule has 0 aromatic heterocycles. The number of esters is 2. The minimum absolute atomic E-state index is 0.0481. The summed E-state index contributed by atoms with van der Waals surface area (Å²) in [6.07, 6.45) is 57.3. The van der Waals surface area contributed by atoms with Crippen molar-refractivity contribution < 1.29 is 42.1 Å². The van der Waals surface area contributed by atoms with E-state index in [0.29, 0.717) is 23.9 Å². The Labute approximate surface area is 379 Å². The number of hydrogen-bond donors (Lipinski definition) is 0. The molecule has 62 heavy (non-hydrogen) atoms. The Balaban J connectivity index is 4.44. The number of quaternary nitrogens is 1. The molecular formula is C52H88NO8P. The van der Waals surface area contributed by atoms with Crippen molar-refractivity contribution in [2.75, 3.05) is 47.5 Å². The highest BCUT2D eigenvalue weighted by Crippen LogP contribution is 2.38. The molecule has 354 valence electrons. The summed E-state index contributed by atoms with van der Waals surface area (Å²) in [6.45, 7) is 3.98. The van der Waals surface area contributed by atoms with Crippen molar-refractivity contribution in [3.8, 4) is 0 Å². The van der Waals surface area contributed by atoms with Crippen LogP contribution in [0.4, 0.5) is 0 Å². The number of ether oxygens (including phenoxy) is 2. The standard InChI is InChI=1S/C52H88NO8P/c1-6-8-10-12-14-16-18-20-22-24-26-28-30-32-34-36-38-40-42-44-51(54)58-48-50(49-60-62(56,57)59-47-46-53(3,4)5)61-52(55)45-43-41-39-37-35-33-31-29-27-25-23-21-19-17-15-13-11-9-7-2/h8,10,14-17,20-23,26,28,32,34,38,40,50H,6-7,9,11-13,18-19,24-25,27,29-31,33,35-37,39,41-49H2,1-5H3/b10-8-,16-14-,17-15-,22-20-,23-21-,28-26-,34-32-,40-38-/t50-/m1/s1. The Morgan fingerprint density at radius 1 is 0.516 bits per heavy atom. The third-order valence-electron chi connectivity index (χ3n) is 9.60. The normalized spacial score (nSPS) is 14.4. The number of carbonyl (C=O) groups is 2. The van der Waals surface area contributed by atoms with Gasteiger partial charge < -0.3 is 27.9 Å². The molecule has 0 amide bonds. The van der Waals surface area contributed by atoms with Crippen molar-refractivity contribution in [3.05, 3.63) is 97.2 Å². The predicted molar refractivity (Wildman–Crippen MR) is 259 cm³/mol. The van der Waals surface area contributed by atoms with Crippen molar-refractivity contribution in [1.82, 2.24) is 0 Å². The summed E-state index contributed by atoms with van der Waals surface area (Å²) in [5.74, 6) is -0.945. The van der Waals surface area contributed by atoms with E-state index in [1.165, 1.54) is 57.8 Å². The van der Waals surface area contributed by atoms with E-state index in [1.54, 1.807) is 0 Å². The number of phosphoric ester groups is 1. The van der Waals surface area contributed by atoms with Crippen molar-refractivity contribution >= 4 is 19.8 Å². The Kier molecular flexibility index (Phi) is 41.1. The molecule has 0 aliphatic rings. The summed E-state index contributed by atoms with van der Waals surface area (Å²) >= 11 is 0. The summed E-state index contributed by atoms with van der Waals surface area (Å²) in [5.41, 5.74) is 0. The fourth-order valence-corrected chi connectivity index (χ4v) is 6.61. The molecule has 0 rings (SSSR count). The summed E-state index contributed by atoms with van der Waals surface area (Å²) < 4.78 is 33.9. The Morgan fingerprint density at radius 2 is 0.952 bits per heavy atom. The molecule has 9 nitrogen and oxygen atoms in total. The van der Waals surface area contributed by atoms with E-state index >= 15 is 0 Å². The van der Waals surface area contributed by atoms with Gasteiger partial charge >= 0.3 is 11.9 Å². The van der Waals surface area contributed by atoms with Crippen LogP contribution in [0.15, 0.2) is 97.2 Å². The van der Waals surface area contributed by atoms with Gasteiger partial charge in [-0.05, 0) is 83.5 Å². The number of hydrogen-bond acceptors (Lipinski definition) is 8. The Bertz CT molecular complexity index is 1370. The summed E-state index contributed by atoms with van der Waals surface area (Å²) in [7, 11) is 1.11. The zero-order valence-corrected chi connectivity index (χ0v) is 40.7. The van der Waals surface area contributed by atoms with Gasteiger partial charge in [-0.3, -0.25) is 14.2 Å². The smallest absolute Gasteiger partial charge is 0.306 e. The van der Waals surface area contributed by atoms with E-state index in [-0.39, 0.29) is 26.1 Å². The topological polar surface area (TPSA) is 111 Å². The fraction of sp³-hybridized carbons (Fsp3) is 0.654. The van der Waals surface area contributed by atoms with E-state index in [0.717, 1.165) is 70.6 Å². The molecule has 0 fully saturated rings. The Hall–Kier alpha value is -3.07. The zero-order chi connectivity index (χ0) is 45.7. The third-order valence-corrected chi connectivity index (χ3v) is 10.6. The molecule has 0 saturated heterocycles. The van der Waals surface area contributed by atoms with Crippen LogP contribution in [-0.4, -0.2) is 70.0 Å². The molecule has 2 atom stereocenters. The van der Waals surface area contributed by atoms with Gasteiger partial charge in [-0.25, -0.2) is 0 Å². The SMILES string of the molecule is CC/C=C\C/C=C\C/C=C\C/C=C\C/C=C\C/C=C\CCC(=O)OC[C@H](COP(=O)([O-])OCC[N+](C)(C)C)OC(=O)CCCCCCCCCCC/C=C\C/C=C\CCCCC. The molecule has 0 aliphatic carbocycles. The molecule has 0 spiro atoms. The molecule has 0 aliphatic heterocycles. The van der Waals surface area contributed by atoms with Crippen molar-refractivity contribution in [3.63, 3.8) is 0 Å². The van der Waals surface area contributed by atoms with Gasteiger partial charge in [0.15, 0.2) is 6.10 Å². The first-order valence-corrected chi connectivity index (χ1v) is 25.4. The second kappa shape index (κ2) is 43.2. The van der Waals surface area contributed by atoms with Crippen LogP contribution in [-0.2, 0) is 32.7 Å². The van der Waals surface area contributed by atoms with E-state index in [1.807, 2.05) is 33.3 Å². The number of likely N-dealkylation sites (N-methyl/N-ethyl adjacent to an activating group) is 1. The molecule has 0 aromatic rings. The maximum atomic E-state index is 12.7. The lowest BCUT2D eigenvalue weighted by Gasteiger charge is -2.28. The minimum atomic E-state index is -4.65. The van der Waals surface area contributed by atoms with E-state index in [4.69, 9.17) is 18.5 Å². The lowest BCUT2D eigenvalue weighted by atomic mass is 10.1. The van der Waals surface area contributed by atoms with Gasteiger partial charge in [0, 0.05) is 12.8 Å². The van der Waals surface area contributed by atoms with Gasteiger partial charge in [0.1, 0.15) is 19.8 Å². The highest BCUT2D eigenvalue weighted by molar-refractivity contribution is 7.45. The predicted octanol–water partition coefficient (Wildman–Crippen LogP) is 13.5. The first kappa shape index (κ1) is 58.9. The van der Waals surface area contributed by atoms with E-state index < -0.39 is 32.5 Å². The van der Waals surface area contributed by atoms with Crippen molar-refractivity contribution in [2.45, 2.75) is 174 Å². The van der Waals surface area contributed by atoms with Crippen LogP contribution in [0.2, 0.25) is 0 Å². The van der Waals surface area contributed by atoms with Crippen LogP contribution in [0.25, 0.3) is 0 Å². The van der Waals surface area contributed by atoms with E-state index in [2.05, 4.69) is 98.9 Å². The first-order valence-electron chi connectivity index (χ1n) is 23.9. The third kappa shape index (κ3) is 46.4. The minimum Gasteiger partial charge on any atom is -0.756 e. The molecule has 0 radical (unpaired) electrons. The maximum Gasteiger partial charge on any atom is 0.306 e. The van der Waals surface area contributed by atoms with Gasteiger partial charge in [-0.1, -0.05) is 169 Å². The maximum absolute atomic E-state index is 12.7. The van der Waals surface area contributed by atoms with Gasteiger partial charge in [0.2, 0.25) is 0 Å². The van der Waals surface area contributed by atoms with Crippen LogP contribution in [0.3, 0.4) is 0 Å². The average molecular weight is 886 g/mol. The molecule has 0 bridgehead atoms. The summed E-state index contributed by atoms with van der Waals surface area (Å²) in [5, 5.41) is 0. The second-order valence-electron chi connectivity index (χ2n) is 16.7. The summed E-state index contributed by atoms with van der Waals surface area (Å²) in [4.78, 5) is 37.6. The van der Waals surface area contributed by atoms with Crippen molar-refractivity contribution in [1.29, 1.82) is 0 Å². The van der Waals surface area contributed by atoms with Crippen molar-refractivity contribution in [2.24, 2.45) is 0 Å². The van der Waals surface area contributed by atoms with Gasteiger partial charge in [-0.2, -0.15) is 0 Å². The molecule has 0 saturated carbocycles. The highest BCUT2D eigenvalue weighted by atomic mass is 31.2. The number of nitrogens with zero attached hydrogens (tertiary/aromatic N) is 1. The number of phosphoric acid groups is 1. The molecule has 1 unspecified atom stereocenters. The van der Waals surface area contributed by atoms with Crippen LogP contribution in [0.5, 0.6) is 0 Å². The average Bonchev–Trinajstić information content (AvgIpc) is 3.23. The lowest BCUT2D eigenvalue weighted by Crippen LogP contribution is -2.37. The monoisotopic (exact) mass is 886 g/mol. The second-order valence-corrected chi connectivity index (χ2v) is 18.1. The van der Waals surface area contributed by atoms with Gasteiger partial charge in [0.05, 0.1) is 27.7 Å². The number of allylic oxidation sites excluding steroid dienone is 16. The first-order chi connectivity index (χ1) is 30.0. The van der Waals surface area contributed by atoms with Crippen LogP contribution < -0.4 is 4.89 Å². The van der Waals surface area contributed by atoms with Crippen LogP contribution in [0, 0.1) is 0 Å². The highest BCUT2D eigenvalue weighted by Gasteiger charge is 2.21. The molecule has 0 aromatic carbocycles. The van der Waals surface area contributed by atoms with Crippen LogP contribution >= 0.6 is 7.82 Å². The summed E-state index contributed by atoms with van der Waals surface area (Å²) in [6, 6.07) is 0. The van der Waals surface area contributed by atoms with E-state index in [9.17, 15) is 19.0 Å². The Morgan fingerprint density at radius 3 is 1.44 bits per heavy atom. The lowest BCUT2D eigenvalue weighted by molar-refractivity contribution is -0.870. The zero-order valence-electron chi connectivity index (χ0n) is 39.8. The molecular weight excluding hydrogens is 798 g/mol. The number of carbonyl (C=O) groups excluding carboxylic acids is 2. The van der Waals surface area contributed by atoms with Crippen LogP contribution in [0.1, 0.15) is 168 Å². The quantitative estimate of drug-likeness (QED) is 0.0196. The number of rotatable bonds is 42. The largest absolute Gasteiger partial charge is 0.756 e. The molecule has 0 N–H and O–H groups in total. The van der Waals surface area contributed by atoms with Gasteiger partial charge in [0.25, 0.3) is 7.82 Å².